The van der Waals surface area contributed by atoms with Crippen LogP contribution in [0.1, 0.15) is 118 Å². The summed E-state index contributed by atoms with van der Waals surface area (Å²) in [5.41, 5.74) is 0. The van der Waals surface area contributed by atoms with Crippen molar-refractivity contribution in [3.8, 4) is 0 Å². The molecule has 0 rings (SSSR count). The lowest BCUT2D eigenvalue weighted by molar-refractivity contribution is 0.342. The first-order chi connectivity index (χ1) is 10.1. The van der Waals surface area contributed by atoms with Crippen molar-refractivity contribution in [1.82, 2.24) is 0 Å². The fourth-order valence-electron chi connectivity index (χ4n) is 3.18. The quantitative estimate of drug-likeness (QED) is 0.268. The number of unbranched alkanes of at least 4 members (excludes halogenated alkanes) is 5. The Morgan fingerprint density at radius 2 is 1.14 bits per heavy atom. The minimum atomic E-state index is 0.889. The second-order valence-corrected chi connectivity index (χ2v) is 7.84. The monoisotopic (exact) mass is 296 g/mol. The van der Waals surface area contributed by atoms with E-state index in [-0.39, 0.29) is 0 Å². The van der Waals surface area contributed by atoms with E-state index in [1.807, 2.05) is 0 Å². The average molecular weight is 297 g/mol. The normalized spacial score (nSPS) is 14.6. The highest BCUT2D eigenvalue weighted by atomic mass is 14.2. The predicted molar refractivity (Wildman–Crippen MR) is 98.9 cm³/mol. The Balaban J connectivity index is 3.82. The molecule has 21 heavy (non-hydrogen) atoms. The van der Waals surface area contributed by atoms with E-state index in [4.69, 9.17) is 0 Å². The zero-order valence-corrected chi connectivity index (χ0v) is 15.9. The van der Waals surface area contributed by atoms with Crippen LogP contribution in [0.3, 0.4) is 0 Å². The second-order valence-electron chi connectivity index (χ2n) is 7.84. The van der Waals surface area contributed by atoms with Gasteiger partial charge in [-0.2, -0.15) is 0 Å². The van der Waals surface area contributed by atoms with E-state index in [0.29, 0.717) is 0 Å². The third-order valence-electron chi connectivity index (χ3n) is 5.12. The van der Waals surface area contributed by atoms with Gasteiger partial charge < -0.3 is 0 Å². The highest BCUT2D eigenvalue weighted by molar-refractivity contribution is 4.63. The molecule has 0 spiro atoms. The van der Waals surface area contributed by atoms with E-state index in [1.54, 1.807) is 0 Å². The smallest absolute Gasteiger partial charge is 0.0414 e. The lowest BCUT2D eigenvalue weighted by Gasteiger charge is -2.19. The van der Waals surface area contributed by atoms with E-state index in [1.165, 1.54) is 83.5 Å². The van der Waals surface area contributed by atoms with E-state index in [0.717, 1.165) is 17.8 Å². The molecule has 2 atom stereocenters. The molecule has 0 bridgehead atoms. The van der Waals surface area contributed by atoms with Crippen molar-refractivity contribution < 1.29 is 0 Å². The number of hydrogen-bond acceptors (Lipinski definition) is 0. The van der Waals surface area contributed by atoms with Crippen LogP contribution >= 0.6 is 0 Å². The van der Waals surface area contributed by atoms with E-state index < -0.39 is 0 Å². The van der Waals surface area contributed by atoms with Gasteiger partial charge in [-0.15, -0.1) is 0 Å². The van der Waals surface area contributed by atoms with Crippen molar-refractivity contribution >= 4 is 0 Å². The molecule has 0 nitrogen and oxygen atoms in total. The van der Waals surface area contributed by atoms with Crippen LogP contribution in [0.15, 0.2) is 0 Å². The molecule has 0 heteroatoms. The van der Waals surface area contributed by atoms with Gasteiger partial charge in [-0.3, -0.25) is 0 Å². The minimum Gasteiger partial charge on any atom is -0.0654 e. The molecule has 2 unspecified atom stereocenters. The molecule has 0 aromatic rings. The molecular weight excluding hydrogens is 252 g/mol. The zero-order valence-electron chi connectivity index (χ0n) is 15.9. The van der Waals surface area contributed by atoms with Crippen molar-refractivity contribution in [2.24, 2.45) is 17.8 Å². The lowest BCUT2D eigenvalue weighted by Crippen LogP contribution is -2.04. The number of hydrogen-bond donors (Lipinski definition) is 0. The van der Waals surface area contributed by atoms with Gasteiger partial charge in [0.25, 0.3) is 0 Å². The van der Waals surface area contributed by atoms with Crippen molar-refractivity contribution in [2.45, 2.75) is 118 Å². The molecule has 0 radical (unpaired) electrons. The SMILES string of the molecule is CCCCCCC(CCCCCC(C)C)CCC(C)CC. The molecular formula is C21H44. The van der Waals surface area contributed by atoms with Crippen LogP contribution in [-0.2, 0) is 0 Å². The topological polar surface area (TPSA) is 0 Å². The first-order valence-electron chi connectivity index (χ1n) is 10.1. The molecule has 128 valence electrons. The highest BCUT2D eigenvalue weighted by Crippen LogP contribution is 2.25. The van der Waals surface area contributed by atoms with Crippen molar-refractivity contribution in [3.05, 3.63) is 0 Å². The van der Waals surface area contributed by atoms with Crippen molar-refractivity contribution in [3.63, 3.8) is 0 Å². The maximum Gasteiger partial charge on any atom is -0.0414 e. The van der Waals surface area contributed by atoms with Crippen molar-refractivity contribution in [1.29, 1.82) is 0 Å². The summed E-state index contributed by atoms with van der Waals surface area (Å²) < 4.78 is 0. The Hall–Kier alpha value is 0. The van der Waals surface area contributed by atoms with Crippen LogP contribution in [0.5, 0.6) is 0 Å². The molecule has 0 amide bonds. The van der Waals surface area contributed by atoms with Crippen LogP contribution < -0.4 is 0 Å². The van der Waals surface area contributed by atoms with Gasteiger partial charge in [0, 0.05) is 0 Å². The summed E-state index contributed by atoms with van der Waals surface area (Å²) in [4.78, 5) is 0. The van der Waals surface area contributed by atoms with Gasteiger partial charge in [0.05, 0.1) is 0 Å². The van der Waals surface area contributed by atoms with Gasteiger partial charge >= 0.3 is 0 Å². The largest absolute Gasteiger partial charge is 0.0654 e. The van der Waals surface area contributed by atoms with Gasteiger partial charge in [-0.25, -0.2) is 0 Å². The number of rotatable bonds is 15. The molecule has 0 aliphatic carbocycles. The Labute approximate surface area is 136 Å². The molecule has 0 heterocycles. The molecule has 0 saturated carbocycles. The van der Waals surface area contributed by atoms with Crippen LogP contribution in [0.25, 0.3) is 0 Å². The second kappa shape index (κ2) is 14.9. The van der Waals surface area contributed by atoms with Gasteiger partial charge in [0.2, 0.25) is 0 Å². The van der Waals surface area contributed by atoms with Gasteiger partial charge in [0.15, 0.2) is 0 Å². The molecule has 0 N–H and O–H groups in total. The highest BCUT2D eigenvalue weighted by Gasteiger charge is 2.10. The Bertz CT molecular complexity index is 194. The van der Waals surface area contributed by atoms with E-state index in [9.17, 15) is 0 Å². The van der Waals surface area contributed by atoms with Crippen LogP contribution in [0, 0.1) is 17.8 Å². The summed E-state index contributed by atoms with van der Waals surface area (Å²) in [6.07, 6.45) is 18.9. The summed E-state index contributed by atoms with van der Waals surface area (Å²) in [6.45, 7) is 11.8. The third kappa shape index (κ3) is 14.7. The lowest BCUT2D eigenvalue weighted by atomic mass is 9.87. The minimum absolute atomic E-state index is 0.889. The van der Waals surface area contributed by atoms with Gasteiger partial charge in [0.1, 0.15) is 0 Å². The predicted octanol–water partition coefficient (Wildman–Crippen LogP) is 8.01. The first kappa shape index (κ1) is 21.0. The molecule has 0 aliphatic heterocycles. The average Bonchev–Trinajstić information content (AvgIpc) is 2.47. The van der Waals surface area contributed by atoms with Crippen LogP contribution in [-0.4, -0.2) is 0 Å². The standard InChI is InChI=1S/C21H44/c1-6-8-9-12-15-21(18-17-20(5)7-2)16-13-10-11-14-19(3)4/h19-21H,6-18H2,1-5H3. The fourth-order valence-corrected chi connectivity index (χ4v) is 3.18. The Morgan fingerprint density at radius 1 is 0.571 bits per heavy atom. The maximum absolute atomic E-state index is 2.43. The fraction of sp³-hybridized carbons (Fsp3) is 1.00. The van der Waals surface area contributed by atoms with Crippen LogP contribution in [0.4, 0.5) is 0 Å². The van der Waals surface area contributed by atoms with E-state index >= 15 is 0 Å². The Kier molecular flexibility index (Phi) is 14.9. The molecule has 0 saturated heterocycles. The summed E-state index contributed by atoms with van der Waals surface area (Å²) in [5.74, 6) is 2.85. The summed E-state index contributed by atoms with van der Waals surface area (Å²) in [6, 6.07) is 0. The molecule has 0 aromatic heterocycles. The maximum atomic E-state index is 2.43. The third-order valence-corrected chi connectivity index (χ3v) is 5.12. The zero-order chi connectivity index (χ0) is 15.9. The summed E-state index contributed by atoms with van der Waals surface area (Å²) in [5, 5.41) is 0. The first-order valence-corrected chi connectivity index (χ1v) is 10.1. The van der Waals surface area contributed by atoms with Gasteiger partial charge in [-0.05, 0) is 17.8 Å². The molecule has 0 fully saturated rings. The van der Waals surface area contributed by atoms with Crippen LogP contribution in [0.2, 0.25) is 0 Å². The summed E-state index contributed by atoms with van der Waals surface area (Å²) >= 11 is 0. The van der Waals surface area contributed by atoms with Gasteiger partial charge in [-0.1, -0.05) is 118 Å². The van der Waals surface area contributed by atoms with E-state index in [2.05, 4.69) is 34.6 Å². The summed E-state index contributed by atoms with van der Waals surface area (Å²) in [7, 11) is 0. The molecule has 0 aliphatic rings. The van der Waals surface area contributed by atoms with Crippen molar-refractivity contribution in [2.75, 3.05) is 0 Å². The Morgan fingerprint density at radius 3 is 1.67 bits per heavy atom. The molecule has 0 aromatic carbocycles.